The summed E-state index contributed by atoms with van der Waals surface area (Å²) in [6, 6.07) is 7.70. The van der Waals surface area contributed by atoms with Gasteiger partial charge in [0.25, 0.3) is 5.91 Å². The maximum atomic E-state index is 12.4. The summed E-state index contributed by atoms with van der Waals surface area (Å²) in [7, 11) is 0. The SMILES string of the molecule is Cc1nc(CC2CCN(c3ccc(C(C)(C)C)cc3)CC2)nc(C(=O)N[C@@H](C)C(=O)O)c1O. The molecule has 8 nitrogen and oxygen atoms in total. The standard InChI is InChI=1S/C25H34N4O4/c1-15-22(30)21(23(31)27-16(2)24(32)33)28-20(26-15)14-17-10-12-29(13-11-17)19-8-6-18(7-9-19)25(3,4)5/h6-9,16-17,30H,10-14H2,1-5H3,(H,27,31)(H,32,33)/t16-/m0/s1. The van der Waals surface area contributed by atoms with Gasteiger partial charge in [0.15, 0.2) is 11.4 Å². The number of aryl methyl sites for hydroxylation is 1. The number of hydrogen-bond acceptors (Lipinski definition) is 6. The quantitative estimate of drug-likeness (QED) is 0.612. The lowest BCUT2D eigenvalue weighted by Gasteiger charge is -2.34. The maximum Gasteiger partial charge on any atom is 0.325 e. The Morgan fingerprint density at radius 1 is 1.15 bits per heavy atom. The van der Waals surface area contributed by atoms with Crippen molar-refractivity contribution < 1.29 is 19.8 Å². The highest BCUT2D eigenvalue weighted by Crippen LogP contribution is 2.29. The number of nitrogens with one attached hydrogen (secondary N) is 1. The van der Waals surface area contributed by atoms with Gasteiger partial charge >= 0.3 is 5.97 Å². The first-order valence-corrected chi connectivity index (χ1v) is 11.4. The van der Waals surface area contributed by atoms with E-state index in [4.69, 9.17) is 5.11 Å². The lowest BCUT2D eigenvalue weighted by atomic mass is 9.87. The number of carbonyl (C=O) groups excluding carboxylic acids is 1. The minimum absolute atomic E-state index is 0.134. The first-order valence-electron chi connectivity index (χ1n) is 11.4. The molecule has 1 amide bonds. The third kappa shape index (κ3) is 6.00. The molecule has 1 fully saturated rings. The summed E-state index contributed by atoms with van der Waals surface area (Å²) >= 11 is 0. The van der Waals surface area contributed by atoms with Crippen molar-refractivity contribution >= 4 is 17.6 Å². The molecule has 0 spiro atoms. The van der Waals surface area contributed by atoms with Gasteiger partial charge in [0.2, 0.25) is 0 Å². The Morgan fingerprint density at radius 2 is 1.76 bits per heavy atom. The number of carboxylic acid groups (broad SMARTS) is 1. The number of rotatable bonds is 6. The van der Waals surface area contributed by atoms with Crippen molar-refractivity contribution in [3.63, 3.8) is 0 Å². The molecule has 1 aliphatic heterocycles. The second-order valence-corrected chi connectivity index (χ2v) is 9.89. The lowest BCUT2D eigenvalue weighted by molar-refractivity contribution is -0.138. The molecule has 2 heterocycles. The van der Waals surface area contributed by atoms with E-state index in [-0.39, 0.29) is 16.9 Å². The number of aromatic nitrogens is 2. The van der Waals surface area contributed by atoms with Crippen LogP contribution in [-0.4, -0.2) is 51.2 Å². The van der Waals surface area contributed by atoms with Crippen LogP contribution in [0, 0.1) is 12.8 Å². The lowest BCUT2D eigenvalue weighted by Crippen LogP contribution is -2.39. The van der Waals surface area contributed by atoms with Crippen LogP contribution in [0.25, 0.3) is 0 Å². The van der Waals surface area contributed by atoms with Gasteiger partial charge in [0.05, 0.1) is 5.69 Å². The van der Waals surface area contributed by atoms with E-state index < -0.39 is 17.9 Å². The first kappa shape index (κ1) is 24.5. The van der Waals surface area contributed by atoms with Crippen LogP contribution in [0.2, 0.25) is 0 Å². The molecule has 0 radical (unpaired) electrons. The monoisotopic (exact) mass is 454 g/mol. The molecule has 2 aromatic rings. The van der Waals surface area contributed by atoms with Crippen molar-refractivity contribution in [3.05, 3.63) is 47.0 Å². The molecule has 3 N–H and O–H groups in total. The Labute approximate surface area is 195 Å². The molecule has 178 valence electrons. The number of piperidine rings is 1. The van der Waals surface area contributed by atoms with E-state index in [0.29, 0.717) is 23.9 Å². The molecule has 0 bridgehead atoms. The van der Waals surface area contributed by atoms with Crippen LogP contribution in [0.3, 0.4) is 0 Å². The Hall–Kier alpha value is -3.16. The highest BCUT2D eigenvalue weighted by Gasteiger charge is 2.25. The Kier molecular flexibility index (Phi) is 7.25. The molecule has 33 heavy (non-hydrogen) atoms. The number of carbonyl (C=O) groups is 2. The fraction of sp³-hybridized carbons (Fsp3) is 0.520. The Bertz CT molecular complexity index is 1010. The average molecular weight is 455 g/mol. The van der Waals surface area contributed by atoms with Gasteiger partial charge < -0.3 is 20.4 Å². The predicted molar refractivity (Wildman–Crippen MR) is 127 cm³/mol. The number of carboxylic acids is 1. The van der Waals surface area contributed by atoms with Gasteiger partial charge in [-0.05, 0) is 55.7 Å². The van der Waals surface area contributed by atoms with Crippen molar-refractivity contribution in [2.75, 3.05) is 18.0 Å². The molecule has 3 rings (SSSR count). The number of anilines is 1. The zero-order valence-corrected chi connectivity index (χ0v) is 20.1. The summed E-state index contributed by atoms with van der Waals surface area (Å²) in [6.07, 6.45) is 2.55. The molecule has 1 aromatic heterocycles. The highest BCUT2D eigenvalue weighted by atomic mass is 16.4. The van der Waals surface area contributed by atoms with Crippen molar-refractivity contribution in [3.8, 4) is 5.75 Å². The van der Waals surface area contributed by atoms with Gasteiger partial charge in [-0.15, -0.1) is 0 Å². The van der Waals surface area contributed by atoms with E-state index in [0.717, 1.165) is 25.9 Å². The zero-order valence-electron chi connectivity index (χ0n) is 20.1. The van der Waals surface area contributed by atoms with Crippen LogP contribution >= 0.6 is 0 Å². The van der Waals surface area contributed by atoms with Gasteiger partial charge in [-0.2, -0.15) is 0 Å². The average Bonchev–Trinajstić information content (AvgIpc) is 2.76. The van der Waals surface area contributed by atoms with Gasteiger partial charge in [-0.1, -0.05) is 32.9 Å². The van der Waals surface area contributed by atoms with Crippen molar-refractivity contribution in [1.82, 2.24) is 15.3 Å². The summed E-state index contributed by atoms with van der Waals surface area (Å²) < 4.78 is 0. The molecule has 1 saturated heterocycles. The van der Waals surface area contributed by atoms with Crippen LogP contribution < -0.4 is 10.2 Å². The Balaban J connectivity index is 1.64. The molecule has 0 unspecified atom stereocenters. The number of nitrogens with zero attached hydrogens (tertiary/aromatic N) is 3. The zero-order chi connectivity index (χ0) is 24.3. The molecular formula is C25H34N4O4. The second kappa shape index (κ2) is 9.77. The fourth-order valence-electron chi connectivity index (χ4n) is 4.03. The van der Waals surface area contributed by atoms with E-state index in [1.807, 2.05) is 0 Å². The molecular weight excluding hydrogens is 420 g/mol. The predicted octanol–water partition coefficient (Wildman–Crippen LogP) is 3.45. The van der Waals surface area contributed by atoms with E-state index in [1.165, 1.54) is 18.2 Å². The number of hydrogen-bond donors (Lipinski definition) is 3. The molecule has 1 atom stereocenters. The Morgan fingerprint density at radius 3 is 2.30 bits per heavy atom. The van der Waals surface area contributed by atoms with Crippen LogP contribution in [0.4, 0.5) is 5.69 Å². The van der Waals surface area contributed by atoms with Crippen LogP contribution in [0.15, 0.2) is 24.3 Å². The van der Waals surface area contributed by atoms with Gasteiger partial charge in [-0.3, -0.25) is 9.59 Å². The maximum absolute atomic E-state index is 12.4. The van der Waals surface area contributed by atoms with Crippen molar-refractivity contribution in [2.24, 2.45) is 5.92 Å². The highest BCUT2D eigenvalue weighted by molar-refractivity contribution is 5.97. The summed E-state index contributed by atoms with van der Waals surface area (Å²) in [4.78, 5) is 34.5. The van der Waals surface area contributed by atoms with E-state index >= 15 is 0 Å². The third-order valence-electron chi connectivity index (χ3n) is 6.22. The molecule has 0 saturated carbocycles. The number of benzene rings is 1. The fourth-order valence-corrected chi connectivity index (χ4v) is 4.03. The van der Waals surface area contributed by atoms with Crippen LogP contribution in [-0.2, 0) is 16.6 Å². The summed E-state index contributed by atoms with van der Waals surface area (Å²) in [5.41, 5.74) is 2.81. The summed E-state index contributed by atoms with van der Waals surface area (Å²) in [6.45, 7) is 11.5. The second-order valence-electron chi connectivity index (χ2n) is 9.89. The van der Waals surface area contributed by atoms with Crippen LogP contribution in [0.5, 0.6) is 5.75 Å². The van der Waals surface area contributed by atoms with Gasteiger partial charge in [0, 0.05) is 25.2 Å². The number of aliphatic carboxylic acids is 1. The third-order valence-corrected chi connectivity index (χ3v) is 6.22. The van der Waals surface area contributed by atoms with E-state index in [2.05, 4.69) is 65.2 Å². The van der Waals surface area contributed by atoms with Gasteiger partial charge in [0.1, 0.15) is 11.9 Å². The molecule has 0 aliphatic carbocycles. The molecule has 1 aliphatic rings. The molecule has 8 heteroatoms. The number of aromatic hydroxyl groups is 1. The normalized spacial score (nSPS) is 15.8. The molecule has 1 aromatic carbocycles. The van der Waals surface area contributed by atoms with Crippen molar-refractivity contribution in [2.45, 2.75) is 65.3 Å². The topological polar surface area (TPSA) is 116 Å². The van der Waals surface area contributed by atoms with E-state index in [9.17, 15) is 14.7 Å². The minimum atomic E-state index is -1.16. The number of amides is 1. The summed E-state index contributed by atoms with van der Waals surface area (Å²) in [5.74, 6) is -1.34. The van der Waals surface area contributed by atoms with Crippen molar-refractivity contribution in [1.29, 1.82) is 0 Å². The first-order chi connectivity index (χ1) is 15.5. The van der Waals surface area contributed by atoms with Crippen LogP contribution in [0.1, 0.15) is 68.1 Å². The van der Waals surface area contributed by atoms with E-state index in [1.54, 1.807) is 6.92 Å². The minimum Gasteiger partial charge on any atom is -0.504 e. The largest absolute Gasteiger partial charge is 0.504 e. The smallest absolute Gasteiger partial charge is 0.325 e. The van der Waals surface area contributed by atoms with Gasteiger partial charge in [-0.25, -0.2) is 9.97 Å². The summed E-state index contributed by atoms with van der Waals surface area (Å²) in [5, 5.41) is 21.6.